The molecule has 0 amide bonds. The van der Waals surface area contributed by atoms with Gasteiger partial charge in [0.25, 0.3) is 0 Å². The van der Waals surface area contributed by atoms with Crippen LogP contribution in [0.25, 0.3) is 0 Å². The Morgan fingerprint density at radius 3 is 2.62 bits per heavy atom. The fourth-order valence-electron chi connectivity index (χ4n) is 2.38. The molecular weight excluding hydrogens is 202 g/mol. The highest BCUT2D eigenvalue weighted by molar-refractivity contribution is 4.81. The predicted molar refractivity (Wildman–Crippen MR) is 66.5 cm³/mol. The van der Waals surface area contributed by atoms with E-state index in [9.17, 15) is 5.11 Å². The first-order valence-corrected chi connectivity index (χ1v) is 6.43. The Morgan fingerprint density at radius 1 is 1.38 bits per heavy atom. The minimum atomic E-state index is -0.0594. The summed E-state index contributed by atoms with van der Waals surface area (Å²) < 4.78 is 5.74. The third kappa shape index (κ3) is 4.40. The molecule has 0 aliphatic carbocycles. The number of piperidine rings is 1. The van der Waals surface area contributed by atoms with Gasteiger partial charge in [-0.05, 0) is 46.1 Å². The summed E-state index contributed by atoms with van der Waals surface area (Å²) in [5.41, 5.74) is -0.0594. The number of nitrogens with zero attached hydrogens (tertiary/aromatic N) is 1. The van der Waals surface area contributed by atoms with Crippen LogP contribution < -0.4 is 0 Å². The summed E-state index contributed by atoms with van der Waals surface area (Å²) in [4.78, 5) is 2.37. The molecular formula is C13H27NO2. The number of ether oxygens (including phenoxy) is 1. The normalized spacial score (nSPS) is 28.3. The molecule has 0 spiro atoms. The van der Waals surface area contributed by atoms with Crippen molar-refractivity contribution in [2.45, 2.75) is 52.2 Å². The van der Waals surface area contributed by atoms with Gasteiger partial charge >= 0.3 is 0 Å². The van der Waals surface area contributed by atoms with E-state index < -0.39 is 0 Å². The minimum absolute atomic E-state index is 0.0594. The molecule has 1 rings (SSSR count). The van der Waals surface area contributed by atoms with Crippen LogP contribution in [0.2, 0.25) is 0 Å². The topological polar surface area (TPSA) is 32.7 Å². The highest BCUT2D eigenvalue weighted by Crippen LogP contribution is 2.22. The number of hydrogen-bond donors (Lipinski definition) is 1. The van der Waals surface area contributed by atoms with E-state index in [1.165, 1.54) is 12.8 Å². The summed E-state index contributed by atoms with van der Waals surface area (Å²) in [6, 6.07) is 0.331. The molecule has 0 radical (unpaired) electrons. The second kappa shape index (κ2) is 5.99. The molecule has 1 heterocycles. The van der Waals surface area contributed by atoms with Crippen molar-refractivity contribution >= 4 is 0 Å². The van der Waals surface area contributed by atoms with Crippen molar-refractivity contribution in [2.24, 2.45) is 5.92 Å². The van der Waals surface area contributed by atoms with Crippen LogP contribution in [0, 0.1) is 5.92 Å². The van der Waals surface area contributed by atoms with E-state index in [0.717, 1.165) is 19.7 Å². The quantitative estimate of drug-likeness (QED) is 0.799. The summed E-state index contributed by atoms with van der Waals surface area (Å²) in [5.74, 6) is 0.605. The largest absolute Gasteiger partial charge is 0.395 e. The molecule has 96 valence electrons. The van der Waals surface area contributed by atoms with Crippen LogP contribution in [0.5, 0.6) is 0 Å². The van der Waals surface area contributed by atoms with Gasteiger partial charge in [0.05, 0.1) is 18.8 Å². The maximum atomic E-state index is 9.41. The summed E-state index contributed by atoms with van der Waals surface area (Å²) in [5, 5.41) is 9.41. The van der Waals surface area contributed by atoms with E-state index in [1.807, 2.05) is 0 Å². The molecule has 0 bridgehead atoms. The van der Waals surface area contributed by atoms with Crippen LogP contribution in [0.1, 0.15) is 40.5 Å². The van der Waals surface area contributed by atoms with Gasteiger partial charge < -0.3 is 9.84 Å². The van der Waals surface area contributed by atoms with E-state index in [-0.39, 0.29) is 12.2 Å². The van der Waals surface area contributed by atoms with Crippen molar-refractivity contribution < 1.29 is 9.84 Å². The number of hydrogen-bond acceptors (Lipinski definition) is 3. The highest BCUT2D eigenvalue weighted by Gasteiger charge is 2.27. The number of aliphatic hydroxyl groups is 1. The van der Waals surface area contributed by atoms with Crippen molar-refractivity contribution in [2.75, 3.05) is 26.3 Å². The van der Waals surface area contributed by atoms with E-state index in [1.54, 1.807) is 0 Å². The molecule has 0 saturated carbocycles. The zero-order chi connectivity index (χ0) is 12.2. The van der Waals surface area contributed by atoms with Gasteiger partial charge in [0.2, 0.25) is 0 Å². The molecule has 0 unspecified atom stereocenters. The lowest BCUT2D eigenvalue weighted by atomic mass is 9.91. The van der Waals surface area contributed by atoms with Gasteiger partial charge in [-0.3, -0.25) is 4.90 Å². The highest BCUT2D eigenvalue weighted by atomic mass is 16.5. The molecule has 1 saturated heterocycles. The first-order valence-electron chi connectivity index (χ1n) is 6.43. The fourth-order valence-corrected chi connectivity index (χ4v) is 2.38. The molecule has 1 N–H and O–H groups in total. The Kier molecular flexibility index (Phi) is 5.22. The van der Waals surface area contributed by atoms with Crippen molar-refractivity contribution in [1.82, 2.24) is 4.90 Å². The van der Waals surface area contributed by atoms with Crippen molar-refractivity contribution in [1.29, 1.82) is 0 Å². The summed E-state index contributed by atoms with van der Waals surface area (Å²) in [6.07, 6.45) is 2.48. The third-order valence-electron chi connectivity index (χ3n) is 3.33. The second-order valence-electron chi connectivity index (χ2n) is 5.87. The maximum Gasteiger partial charge on any atom is 0.0600 e. The van der Waals surface area contributed by atoms with E-state index in [0.29, 0.717) is 12.0 Å². The molecule has 2 atom stereocenters. The lowest BCUT2D eigenvalue weighted by molar-refractivity contribution is -0.0316. The molecule has 16 heavy (non-hydrogen) atoms. The maximum absolute atomic E-state index is 9.41. The van der Waals surface area contributed by atoms with Gasteiger partial charge in [-0.1, -0.05) is 6.92 Å². The molecule has 1 aliphatic rings. The smallest absolute Gasteiger partial charge is 0.0600 e. The Morgan fingerprint density at radius 2 is 2.06 bits per heavy atom. The van der Waals surface area contributed by atoms with Gasteiger partial charge in [0.15, 0.2) is 0 Å². The number of aliphatic hydroxyl groups excluding tert-OH is 1. The summed E-state index contributed by atoms with van der Waals surface area (Å²) in [6.45, 7) is 11.5. The number of likely N-dealkylation sites (tertiary alicyclic amines) is 1. The van der Waals surface area contributed by atoms with Crippen molar-refractivity contribution in [3.05, 3.63) is 0 Å². The van der Waals surface area contributed by atoms with Crippen LogP contribution in [0.3, 0.4) is 0 Å². The Hall–Kier alpha value is -0.120. The molecule has 0 aromatic heterocycles. The lowest BCUT2D eigenvalue weighted by Crippen LogP contribution is -2.48. The molecule has 3 nitrogen and oxygen atoms in total. The molecule has 1 fully saturated rings. The Labute approximate surface area is 99.8 Å². The predicted octanol–water partition coefficient (Wildman–Crippen LogP) is 1.89. The van der Waals surface area contributed by atoms with Crippen LogP contribution in [0.15, 0.2) is 0 Å². The first kappa shape index (κ1) is 13.9. The number of rotatable bonds is 4. The summed E-state index contributed by atoms with van der Waals surface area (Å²) in [7, 11) is 0. The average molecular weight is 229 g/mol. The first-order chi connectivity index (χ1) is 7.44. The zero-order valence-electron chi connectivity index (χ0n) is 11.2. The zero-order valence-corrected chi connectivity index (χ0v) is 11.2. The van der Waals surface area contributed by atoms with E-state index in [4.69, 9.17) is 4.74 Å². The SMILES string of the molecule is C[C@H]1CCCN(CCOC(C)(C)C)[C@H]1CO. The van der Waals surface area contributed by atoms with E-state index in [2.05, 4.69) is 32.6 Å². The molecule has 1 aliphatic heterocycles. The average Bonchev–Trinajstić information content (AvgIpc) is 2.16. The Balaban J connectivity index is 2.34. The van der Waals surface area contributed by atoms with Crippen LogP contribution >= 0.6 is 0 Å². The van der Waals surface area contributed by atoms with Gasteiger partial charge in [0.1, 0.15) is 0 Å². The lowest BCUT2D eigenvalue weighted by Gasteiger charge is -2.39. The fraction of sp³-hybridized carbons (Fsp3) is 1.00. The van der Waals surface area contributed by atoms with Crippen LogP contribution in [-0.2, 0) is 4.74 Å². The standard InChI is InChI=1S/C13H27NO2/c1-11-6-5-7-14(12(11)10-15)8-9-16-13(2,3)4/h11-12,15H,5-10H2,1-4H3/t11-,12-/m0/s1. The van der Waals surface area contributed by atoms with Crippen molar-refractivity contribution in [3.63, 3.8) is 0 Å². The van der Waals surface area contributed by atoms with Gasteiger partial charge in [-0.15, -0.1) is 0 Å². The van der Waals surface area contributed by atoms with Crippen LogP contribution in [-0.4, -0.2) is 48.0 Å². The van der Waals surface area contributed by atoms with Crippen LogP contribution in [0.4, 0.5) is 0 Å². The monoisotopic (exact) mass is 229 g/mol. The minimum Gasteiger partial charge on any atom is -0.395 e. The third-order valence-corrected chi connectivity index (χ3v) is 3.33. The van der Waals surface area contributed by atoms with Gasteiger partial charge in [-0.25, -0.2) is 0 Å². The Bertz CT molecular complexity index is 201. The van der Waals surface area contributed by atoms with E-state index >= 15 is 0 Å². The molecule has 3 heteroatoms. The second-order valence-corrected chi connectivity index (χ2v) is 5.87. The van der Waals surface area contributed by atoms with Gasteiger partial charge in [0, 0.05) is 12.6 Å². The molecule has 0 aromatic rings. The van der Waals surface area contributed by atoms with Gasteiger partial charge in [-0.2, -0.15) is 0 Å². The summed E-state index contributed by atoms with van der Waals surface area (Å²) >= 11 is 0. The molecule has 0 aromatic carbocycles. The van der Waals surface area contributed by atoms with Crippen molar-refractivity contribution in [3.8, 4) is 0 Å².